The molecule has 0 aliphatic carbocycles. The largest absolute Gasteiger partial charge is 0.463 e. The molecule has 43 heavy (non-hydrogen) atoms. The summed E-state index contributed by atoms with van der Waals surface area (Å²) in [5.41, 5.74) is 0.968. The minimum atomic E-state index is -2.65. The second-order valence-electron chi connectivity index (χ2n) is 11.4. The van der Waals surface area contributed by atoms with E-state index in [4.69, 9.17) is 16.3 Å². The number of hydrogen-bond donors (Lipinski definition) is 0. The SMILES string of the molecule is CC(=O)N1CCN(c2nc(OCCCN3CCC(F)(F)C3)nc3c(F)c(-c4cccc5ccccc45)c(Cl)cc23)CC1C. The van der Waals surface area contributed by atoms with E-state index in [9.17, 15) is 13.6 Å². The Morgan fingerprint density at radius 3 is 2.63 bits per heavy atom. The van der Waals surface area contributed by atoms with Crippen LogP contribution in [0, 0.1) is 5.82 Å². The Morgan fingerprint density at radius 2 is 1.88 bits per heavy atom. The minimum Gasteiger partial charge on any atom is -0.463 e. The molecule has 2 saturated heterocycles. The molecule has 0 saturated carbocycles. The summed E-state index contributed by atoms with van der Waals surface area (Å²) < 4.78 is 49.7. The van der Waals surface area contributed by atoms with Crippen molar-refractivity contribution in [2.75, 3.05) is 50.8 Å². The molecule has 0 bridgehead atoms. The van der Waals surface area contributed by atoms with Crippen molar-refractivity contribution in [3.8, 4) is 17.1 Å². The predicted molar refractivity (Wildman–Crippen MR) is 163 cm³/mol. The van der Waals surface area contributed by atoms with Crippen LogP contribution in [0.5, 0.6) is 6.01 Å². The number of anilines is 1. The van der Waals surface area contributed by atoms with Crippen LogP contribution in [0.3, 0.4) is 0 Å². The number of likely N-dealkylation sites (tertiary alicyclic amines) is 1. The minimum absolute atomic E-state index is 0.000921. The van der Waals surface area contributed by atoms with Crippen LogP contribution in [0.15, 0.2) is 48.5 Å². The summed E-state index contributed by atoms with van der Waals surface area (Å²) in [6.07, 6.45) is 0.354. The molecule has 2 fully saturated rings. The first-order valence-corrected chi connectivity index (χ1v) is 14.9. The number of alkyl halides is 2. The molecule has 226 valence electrons. The van der Waals surface area contributed by atoms with E-state index >= 15 is 4.39 Å². The topological polar surface area (TPSA) is 61.8 Å². The van der Waals surface area contributed by atoms with Gasteiger partial charge in [-0.3, -0.25) is 9.69 Å². The van der Waals surface area contributed by atoms with Crippen LogP contribution in [0.4, 0.5) is 19.0 Å². The van der Waals surface area contributed by atoms with Crippen LogP contribution < -0.4 is 9.64 Å². The Morgan fingerprint density at radius 1 is 1.09 bits per heavy atom. The first-order valence-electron chi connectivity index (χ1n) is 14.5. The van der Waals surface area contributed by atoms with Gasteiger partial charge in [0.15, 0.2) is 5.82 Å². The van der Waals surface area contributed by atoms with Crippen molar-refractivity contribution in [2.24, 2.45) is 0 Å². The average Bonchev–Trinajstić information content (AvgIpc) is 3.33. The zero-order valence-electron chi connectivity index (χ0n) is 24.1. The number of amides is 1. The fourth-order valence-electron chi connectivity index (χ4n) is 6.22. The van der Waals surface area contributed by atoms with Gasteiger partial charge in [0.05, 0.1) is 18.2 Å². The predicted octanol–water partition coefficient (Wildman–Crippen LogP) is 6.41. The van der Waals surface area contributed by atoms with Crippen LogP contribution >= 0.6 is 11.6 Å². The van der Waals surface area contributed by atoms with Gasteiger partial charge in [-0.15, -0.1) is 0 Å². The molecule has 2 aliphatic rings. The number of carbonyl (C=O) groups excluding carboxylic acids is 1. The van der Waals surface area contributed by atoms with Gasteiger partial charge >= 0.3 is 6.01 Å². The second kappa shape index (κ2) is 11.8. The number of benzene rings is 3. The number of fused-ring (bicyclic) bond motifs is 2. The molecule has 2 aliphatic heterocycles. The number of halogens is 4. The fourth-order valence-corrected chi connectivity index (χ4v) is 6.52. The lowest BCUT2D eigenvalue weighted by molar-refractivity contribution is -0.131. The Bertz CT molecular complexity index is 1680. The Balaban J connectivity index is 1.37. The zero-order chi connectivity index (χ0) is 30.3. The third-order valence-corrected chi connectivity index (χ3v) is 8.63. The van der Waals surface area contributed by atoms with Crippen LogP contribution in [0.2, 0.25) is 5.02 Å². The maximum atomic E-state index is 16.6. The van der Waals surface area contributed by atoms with E-state index in [-0.39, 0.29) is 53.6 Å². The molecule has 0 spiro atoms. The maximum absolute atomic E-state index is 16.6. The average molecular weight is 612 g/mol. The number of hydrogen-bond acceptors (Lipinski definition) is 6. The number of rotatable bonds is 7. The van der Waals surface area contributed by atoms with Gasteiger partial charge in [-0.1, -0.05) is 54.1 Å². The van der Waals surface area contributed by atoms with Crippen molar-refractivity contribution < 1.29 is 22.7 Å². The van der Waals surface area contributed by atoms with E-state index < -0.39 is 11.7 Å². The van der Waals surface area contributed by atoms with Crippen LogP contribution in [0.1, 0.15) is 26.7 Å². The van der Waals surface area contributed by atoms with Crippen molar-refractivity contribution in [2.45, 2.75) is 38.7 Å². The van der Waals surface area contributed by atoms with Gasteiger partial charge in [0.25, 0.3) is 5.92 Å². The normalized spacial score (nSPS) is 19.0. The lowest BCUT2D eigenvalue weighted by Crippen LogP contribution is -2.53. The molecule has 3 heterocycles. The monoisotopic (exact) mass is 611 g/mol. The molecule has 7 nitrogen and oxygen atoms in total. The zero-order valence-corrected chi connectivity index (χ0v) is 24.9. The molecule has 0 N–H and O–H groups in total. The molecule has 4 aromatic rings. The number of nitrogens with zero attached hydrogens (tertiary/aromatic N) is 5. The molecule has 3 aromatic carbocycles. The van der Waals surface area contributed by atoms with Crippen molar-refractivity contribution in [1.82, 2.24) is 19.8 Å². The van der Waals surface area contributed by atoms with Crippen molar-refractivity contribution in [3.63, 3.8) is 0 Å². The van der Waals surface area contributed by atoms with Crippen LogP contribution in [0.25, 0.3) is 32.8 Å². The number of carbonyl (C=O) groups is 1. The third kappa shape index (κ3) is 5.95. The highest BCUT2D eigenvalue weighted by Crippen LogP contribution is 2.41. The molecule has 6 rings (SSSR count). The maximum Gasteiger partial charge on any atom is 0.319 e. The molecular formula is C32H33ClF3N5O2. The third-order valence-electron chi connectivity index (χ3n) is 8.33. The van der Waals surface area contributed by atoms with Crippen molar-refractivity contribution >= 4 is 45.0 Å². The lowest BCUT2D eigenvalue weighted by atomic mass is 9.96. The Kier molecular flexibility index (Phi) is 8.08. The molecule has 11 heteroatoms. The van der Waals surface area contributed by atoms with E-state index in [1.165, 1.54) is 0 Å². The lowest BCUT2D eigenvalue weighted by Gasteiger charge is -2.40. The standard InChI is InChI=1S/C32H33ClF3N5O2/c1-20-18-40(14-15-41(20)21(2)42)30-25-17-26(33)27(24-10-5-8-22-7-3-4-9-23(22)24)28(34)29(25)37-31(38-30)43-16-6-12-39-13-11-32(35,36)19-39/h3-5,7-10,17,20H,6,11-16,18-19H2,1-2H3. The smallest absolute Gasteiger partial charge is 0.319 e. The van der Waals surface area contributed by atoms with Crippen molar-refractivity contribution in [3.05, 3.63) is 59.4 Å². The summed E-state index contributed by atoms with van der Waals surface area (Å²) in [4.78, 5) is 26.8. The van der Waals surface area contributed by atoms with E-state index in [0.29, 0.717) is 55.9 Å². The van der Waals surface area contributed by atoms with Gasteiger partial charge in [-0.25, -0.2) is 13.2 Å². The fraction of sp³-hybridized carbons (Fsp3) is 0.406. The first-order chi connectivity index (χ1) is 20.6. The molecular weight excluding hydrogens is 579 g/mol. The molecule has 1 amide bonds. The molecule has 1 aromatic heterocycles. The molecule has 0 radical (unpaired) electrons. The van der Waals surface area contributed by atoms with Gasteiger partial charge in [0.2, 0.25) is 5.91 Å². The number of ether oxygens (including phenoxy) is 1. The number of aromatic nitrogens is 2. The quantitative estimate of drug-likeness (QED) is 0.225. The summed E-state index contributed by atoms with van der Waals surface area (Å²) in [6.45, 7) is 5.70. The van der Waals surface area contributed by atoms with Gasteiger partial charge in [0.1, 0.15) is 11.3 Å². The van der Waals surface area contributed by atoms with Crippen LogP contribution in [-0.4, -0.2) is 83.5 Å². The summed E-state index contributed by atoms with van der Waals surface area (Å²) in [7, 11) is 0. The first kappa shape index (κ1) is 29.4. The molecule has 1 unspecified atom stereocenters. The Labute approximate surface area is 253 Å². The second-order valence-corrected chi connectivity index (χ2v) is 11.8. The highest BCUT2D eigenvalue weighted by molar-refractivity contribution is 6.35. The van der Waals surface area contributed by atoms with Gasteiger partial charge in [0, 0.05) is 63.1 Å². The van der Waals surface area contributed by atoms with Crippen LogP contribution in [-0.2, 0) is 4.79 Å². The highest BCUT2D eigenvalue weighted by atomic mass is 35.5. The highest BCUT2D eigenvalue weighted by Gasteiger charge is 2.37. The number of piperazine rings is 1. The van der Waals surface area contributed by atoms with E-state index in [2.05, 4.69) is 9.97 Å². The summed E-state index contributed by atoms with van der Waals surface area (Å²) in [5, 5.41) is 2.49. The summed E-state index contributed by atoms with van der Waals surface area (Å²) in [5.74, 6) is -2.77. The van der Waals surface area contributed by atoms with E-state index in [0.717, 1.165) is 10.8 Å². The van der Waals surface area contributed by atoms with E-state index in [1.807, 2.05) is 54.3 Å². The molecule has 1 atom stereocenters. The summed E-state index contributed by atoms with van der Waals surface area (Å²) in [6, 6.07) is 15.0. The van der Waals surface area contributed by atoms with Crippen molar-refractivity contribution in [1.29, 1.82) is 0 Å². The Hall–Kier alpha value is -3.63. The van der Waals surface area contributed by atoms with Gasteiger partial charge in [-0.2, -0.15) is 9.97 Å². The van der Waals surface area contributed by atoms with E-state index in [1.54, 1.807) is 22.8 Å². The van der Waals surface area contributed by atoms with Gasteiger partial charge < -0.3 is 14.5 Å². The van der Waals surface area contributed by atoms with Gasteiger partial charge in [-0.05, 0) is 35.7 Å². The summed E-state index contributed by atoms with van der Waals surface area (Å²) >= 11 is 6.82.